The van der Waals surface area contributed by atoms with E-state index in [1.807, 2.05) is 20.0 Å². The van der Waals surface area contributed by atoms with Gasteiger partial charge in [-0.15, -0.1) is 0 Å². The van der Waals surface area contributed by atoms with Crippen LogP contribution in [0.4, 0.5) is 10.1 Å². The van der Waals surface area contributed by atoms with E-state index in [9.17, 15) is 14.0 Å². The fourth-order valence-electron chi connectivity index (χ4n) is 2.90. The standard InChI is InChI=1S/C18H16ClFN2O2/c1-11-6-7-16-12(8-11)17(23)18(24)22(16)10-21(2)9-13-14(19)4-3-5-15(13)20/h3-8H,9-10H2,1-2H3/p+1. The van der Waals surface area contributed by atoms with Gasteiger partial charge in [-0.05, 0) is 31.2 Å². The fourth-order valence-corrected chi connectivity index (χ4v) is 3.13. The Bertz CT molecular complexity index is 818. The number of nitrogens with zero attached hydrogens (tertiary/aromatic N) is 1. The highest BCUT2D eigenvalue weighted by Crippen LogP contribution is 2.28. The van der Waals surface area contributed by atoms with Gasteiger partial charge in [0.15, 0.2) is 6.67 Å². The van der Waals surface area contributed by atoms with Crippen LogP contribution in [0.2, 0.25) is 5.02 Å². The normalized spacial score (nSPS) is 14.9. The minimum atomic E-state index is -0.547. The number of ketones is 1. The molecule has 0 fully saturated rings. The molecule has 3 rings (SSSR count). The summed E-state index contributed by atoms with van der Waals surface area (Å²) in [5.41, 5.74) is 2.36. The smallest absolute Gasteiger partial charge is 0.303 e. The van der Waals surface area contributed by atoms with Crippen LogP contribution in [-0.4, -0.2) is 25.4 Å². The molecule has 2 aromatic carbocycles. The second kappa shape index (κ2) is 6.34. The Labute approximate surface area is 144 Å². The molecule has 0 aliphatic carbocycles. The Morgan fingerprint density at radius 1 is 1.21 bits per heavy atom. The molecule has 1 unspecified atom stereocenters. The van der Waals surface area contributed by atoms with E-state index in [0.29, 0.717) is 28.4 Å². The van der Waals surface area contributed by atoms with Crippen molar-refractivity contribution in [3.05, 3.63) is 63.9 Å². The zero-order valence-electron chi connectivity index (χ0n) is 13.4. The van der Waals surface area contributed by atoms with Gasteiger partial charge in [-0.3, -0.25) is 14.5 Å². The van der Waals surface area contributed by atoms with Crippen molar-refractivity contribution >= 4 is 29.0 Å². The largest absolute Gasteiger partial charge is 0.316 e. The molecule has 1 aliphatic heterocycles. The van der Waals surface area contributed by atoms with Crippen LogP contribution in [0.5, 0.6) is 0 Å². The number of aryl methyl sites for hydroxylation is 1. The molecule has 0 saturated heterocycles. The quantitative estimate of drug-likeness (QED) is 0.859. The SMILES string of the molecule is Cc1ccc2c(c1)C(=O)C(=O)N2C[NH+](C)Cc1c(F)cccc1Cl. The number of rotatable bonds is 4. The van der Waals surface area contributed by atoms with Crippen LogP contribution in [-0.2, 0) is 11.3 Å². The van der Waals surface area contributed by atoms with Gasteiger partial charge in [0.2, 0.25) is 0 Å². The predicted molar refractivity (Wildman–Crippen MR) is 89.9 cm³/mol. The molecule has 0 saturated carbocycles. The van der Waals surface area contributed by atoms with Crippen LogP contribution >= 0.6 is 11.6 Å². The van der Waals surface area contributed by atoms with Crippen LogP contribution in [0.1, 0.15) is 21.5 Å². The Hall–Kier alpha value is -2.24. The highest BCUT2D eigenvalue weighted by Gasteiger charge is 2.37. The molecule has 0 spiro atoms. The minimum Gasteiger partial charge on any atom is -0.316 e. The molecular weight excluding hydrogens is 331 g/mol. The second-order valence-electron chi connectivity index (χ2n) is 6.08. The lowest BCUT2D eigenvalue weighted by molar-refractivity contribution is -0.892. The van der Waals surface area contributed by atoms with E-state index in [2.05, 4.69) is 0 Å². The average molecular weight is 348 g/mol. The third-order valence-corrected chi connectivity index (χ3v) is 4.45. The third-order valence-electron chi connectivity index (χ3n) is 4.10. The molecule has 1 heterocycles. The van der Waals surface area contributed by atoms with Crippen LogP contribution in [0.15, 0.2) is 36.4 Å². The van der Waals surface area contributed by atoms with Crippen molar-refractivity contribution in [2.75, 3.05) is 18.6 Å². The van der Waals surface area contributed by atoms with E-state index in [1.165, 1.54) is 11.0 Å². The summed E-state index contributed by atoms with van der Waals surface area (Å²) in [5.74, 6) is -1.42. The maximum atomic E-state index is 13.9. The Balaban J connectivity index is 1.82. The van der Waals surface area contributed by atoms with Crippen molar-refractivity contribution in [1.29, 1.82) is 0 Å². The number of hydrogen-bond acceptors (Lipinski definition) is 2. The van der Waals surface area contributed by atoms with Gasteiger partial charge in [-0.25, -0.2) is 4.39 Å². The molecule has 1 amide bonds. The monoisotopic (exact) mass is 347 g/mol. The number of carbonyl (C=O) groups is 2. The van der Waals surface area contributed by atoms with Gasteiger partial charge in [0.05, 0.1) is 28.9 Å². The summed E-state index contributed by atoms with van der Waals surface area (Å²) in [4.78, 5) is 26.7. The first-order valence-electron chi connectivity index (χ1n) is 7.59. The van der Waals surface area contributed by atoms with Gasteiger partial charge in [-0.1, -0.05) is 29.3 Å². The lowest BCUT2D eigenvalue weighted by Crippen LogP contribution is -3.09. The molecule has 1 aliphatic rings. The lowest BCUT2D eigenvalue weighted by Gasteiger charge is -2.22. The molecule has 0 aromatic heterocycles. The molecule has 2 aromatic rings. The van der Waals surface area contributed by atoms with Gasteiger partial charge < -0.3 is 4.90 Å². The summed E-state index contributed by atoms with van der Waals surface area (Å²) in [7, 11) is 1.83. The Kier molecular flexibility index (Phi) is 4.39. The number of carbonyl (C=O) groups excluding carboxylic acids is 2. The van der Waals surface area contributed by atoms with Crippen molar-refractivity contribution in [2.45, 2.75) is 13.5 Å². The first kappa shape index (κ1) is 16.6. The Morgan fingerprint density at radius 2 is 1.96 bits per heavy atom. The number of anilines is 1. The fraction of sp³-hybridized carbons (Fsp3) is 0.222. The lowest BCUT2D eigenvalue weighted by atomic mass is 10.1. The van der Waals surface area contributed by atoms with Crippen molar-refractivity contribution in [3.63, 3.8) is 0 Å². The number of Topliss-reactive ketones (excluding diaryl/α,β-unsaturated/α-hetero) is 1. The van der Waals surface area contributed by atoms with Crippen LogP contribution in [0.3, 0.4) is 0 Å². The molecule has 124 valence electrons. The summed E-state index contributed by atoms with van der Waals surface area (Å²) in [6, 6.07) is 9.90. The molecule has 1 N–H and O–H groups in total. The maximum absolute atomic E-state index is 13.9. The molecule has 0 bridgehead atoms. The summed E-state index contributed by atoms with van der Waals surface area (Å²) in [6.07, 6.45) is 0. The topological polar surface area (TPSA) is 41.8 Å². The number of amides is 1. The van der Waals surface area contributed by atoms with Crippen LogP contribution in [0.25, 0.3) is 0 Å². The highest BCUT2D eigenvalue weighted by atomic mass is 35.5. The number of halogens is 2. The first-order chi connectivity index (χ1) is 11.4. The van der Waals surface area contributed by atoms with Crippen LogP contribution in [0, 0.1) is 12.7 Å². The van der Waals surface area contributed by atoms with Gasteiger partial charge in [0.25, 0.3) is 5.78 Å². The minimum absolute atomic E-state index is 0.255. The predicted octanol–water partition coefficient (Wildman–Crippen LogP) is 1.99. The molecule has 1 atom stereocenters. The zero-order valence-corrected chi connectivity index (χ0v) is 14.2. The average Bonchev–Trinajstić information content (AvgIpc) is 2.76. The van der Waals surface area contributed by atoms with Crippen molar-refractivity contribution in [1.82, 2.24) is 0 Å². The van der Waals surface area contributed by atoms with Gasteiger partial charge >= 0.3 is 5.91 Å². The first-order valence-corrected chi connectivity index (χ1v) is 7.97. The number of nitrogens with one attached hydrogen (secondary N) is 1. The number of fused-ring (bicyclic) bond motifs is 1. The van der Waals surface area contributed by atoms with E-state index in [-0.39, 0.29) is 12.5 Å². The zero-order chi connectivity index (χ0) is 17.4. The van der Waals surface area contributed by atoms with E-state index < -0.39 is 11.7 Å². The maximum Gasteiger partial charge on any atom is 0.303 e. The van der Waals surface area contributed by atoms with Gasteiger partial charge in [-0.2, -0.15) is 0 Å². The summed E-state index contributed by atoms with van der Waals surface area (Å²) in [6.45, 7) is 2.44. The van der Waals surface area contributed by atoms with Crippen LogP contribution < -0.4 is 9.80 Å². The summed E-state index contributed by atoms with van der Waals surface area (Å²) in [5, 5.41) is 0.356. The van der Waals surface area contributed by atoms with E-state index >= 15 is 0 Å². The Morgan fingerprint density at radius 3 is 2.67 bits per heavy atom. The third kappa shape index (κ3) is 2.92. The summed E-state index contributed by atoms with van der Waals surface area (Å²) >= 11 is 6.05. The molecular formula is C18H17ClFN2O2+. The molecule has 0 radical (unpaired) electrons. The van der Waals surface area contributed by atoms with Gasteiger partial charge in [0.1, 0.15) is 12.4 Å². The number of hydrogen-bond donors (Lipinski definition) is 1. The molecule has 6 heteroatoms. The molecule has 4 nitrogen and oxygen atoms in total. The van der Waals surface area contributed by atoms with E-state index in [0.717, 1.165) is 10.5 Å². The highest BCUT2D eigenvalue weighted by molar-refractivity contribution is 6.52. The second-order valence-corrected chi connectivity index (χ2v) is 6.48. The van der Waals surface area contributed by atoms with Crippen molar-refractivity contribution in [3.8, 4) is 0 Å². The van der Waals surface area contributed by atoms with Crippen molar-refractivity contribution < 1.29 is 18.9 Å². The summed E-state index contributed by atoms with van der Waals surface area (Å²) < 4.78 is 13.9. The molecule has 24 heavy (non-hydrogen) atoms. The number of quaternary nitrogens is 1. The number of benzene rings is 2. The van der Waals surface area contributed by atoms with E-state index in [4.69, 9.17) is 11.6 Å². The van der Waals surface area contributed by atoms with Crippen molar-refractivity contribution in [2.24, 2.45) is 0 Å². The van der Waals surface area contributed by atoms with Gasteiger partial charge in [0, 0.05) is 0 Å². The van der Waals surface area contributed by atoms with E-state index in [1.54, 1.807) is 24.3 Å².